The van der Waals surface area contributed by atoms with Crippen molar-refractivity contribution < 1.29 is 4.74 Å². The van der Waals surface area contributed by atoms with Crippen LogP contribution < -0.4 is 5.32 Å². The van der Waals surface area contributed by atoms with Crippen LogP contribution in [0.3, 0.4) is 0 Å². The Hall–Kier alpha value is -0.820. The summed E-state index contributed by atoms with van der Waals surface area (Å²) in [6.45, 7) is 2.38. The van der Waals surface area contributed by atoms with Crippen molar-refractivity contribution in [1.29, 1.82) is 0 Å². The predicted molar refractivity (Wildman–Crippen MR) is 66.8 cm³/mol. The maximum Gasteiger partial charge on any atom is 0.107 e. The molecule has 2 aromatic rings. The zero-order chi connectivity index (χ0) is 11.2. The summed E-state index contributed by atoms with van der Waals surface area (Å²) in [6, 6.07) is 0. The van der Waals surface area contributed by atoms with Crippen molar-refractivity contribution in [2.24, 2.45) is 0 Å². The number of nitrogens with zero attached hydrogens (tertiary/aromatic N) is 2. The van der Waals surface area contributed by atoms with Gasteiger partial charge in [0.25, 0.3) is 0 Å². The van der Waals surface area contributed by atoms with Crippen LogP contribution in [0.2, 0.25) is 0 Å². The van der Waals surface area contributed by atoms with E-state index in [-0.39, 0.29) is 0 Å². The first-order valence-electron chi connectivity index (χ1n) is 4.93. The molecular weight excluding hydrogens is 242 g/mol. The van der Waals surface area contributed by atoms with E-state index in [1.807, 2.05) is 11.7 Å². The lowest BCUT2D eigenvalue weighted by atomic mass is 10.4. The first-order chi connectivity index (χ1) is 7.90. The lowest BCUT2D eigenvalue weighted by Crippen LogP contribution is -2.18. The van der Waals surface area contributed by atoms with Gasteiger partial charge >= 0.3 is 0 Å². The van der Waals surface area contributed by atoms with Crippen LogP contribution in [0.25, 0.3) is 10.6 Å². The van der Waals surface area contributed by atoms with E-state index >= 15 is 0 Å². The molecule has 0 amide bonds. The van der Waals surface area contributed by atoms with Crippen LogP contribution in [0.4, 0.5) is 0 Å². The molecule has 16 heavy (non-hydrogen) atoms. The van der Waals surface area contributed by atoms with E-state index in [1.54, 1.807) is 29.8 Å². The van der Waals surface area contributed by atoms with Crippen LogP contribution >= 0.6 is 22.7 Å². The Balaban J connectivity index is 1.88. The highest BCUT2D eigenvalue weighted by Gasteiger charge is 2.05. The largest absolute Gasteiger partial charge is 0.383 e. The molecule has 86 valence electrons. The van der Waals surface area contributed by atoms with Gasteiger partial charge in [0.1, 0.15) is 5.01 Å². The molecule has 0 radical (unpaired) electrons. The quantitative estimate of drug-likeness (QED) is 0.802. The number of thiazole rings is 2. The fourth-order valence-electron chi connectivity index (χ4n) is 1.22. The van der Waals surface area contributed by atoms with E-state index in [0.29, 0.717) is 0 Å². The molecule has 4 nitrogen and oxygen atoms in total. The molecule has 0 fully saturated rings. The fraction of sp³-hybridized carbons (Fsp3) is 0.400. The molecule has 0 saturated carbocycles. The number of rotatable bonds is 6. The first-order valence-corrected chi connectivity index (χ1v) is 6.69. The minimum atomic E-state index is 0.729. The molecule has 0 spiro atoms. The predicted octanol–water partition coefficient (Wildman–Crippen LogP) is 2.00. The summed E-state index contributed by atoms with van der Waals surface area (Å²) < 4.78 is 4.96. The average molecular weight is 255 g/mol. The Morgan fingerprint density at radius 3 is 3.12 bits per heavy atom. The van der Waals surface area contributed by atoms with Gasteiger partial charge in [0.05, 0.1) is 22.7 Å². The molecule has 0 aromatic carbocycles. The summed E-state index contributed by atoms with van der Waals surface area (Å²) in [5.41, 5.74) is 2.85. The molecule has 0 bridgehead atoms. The SMILES string of the molecule is COCCNCc1nc(-c2cncs2)cs1. The minimum Gasteiger partial charge on any atom is -0.383 e. The monoisotopic (exact) mass is 255 g/mol. The van der Waals surface area contributed by atoms with Gasteiger partial charge in [0, 0.05) is 31.8 Å². The van der Waals surface area contributed by atoms with Gasteiger partial charge in [-0.25, -0.2) is 4.98 Å². The molecule has 0 aliphatic rings. The van der Waals surface area contributed by atoms with Crippen molar-refractivity contribution in [3.05, 3.63) is 22.1 Å². The molecule has 0 saturated heterocycles. The van der Waals surface area contributed by atoms with Crippen LogP contribution in [0.15, 0.2) is 17.1 Å². The van der Waals surface area contributed by atoms with Crippen molar-refractivity contribution in [2.45, 2.75) is 6.54 Å². The van der Waals surface area contributed by atoms with Crippen molar-refractivity contribution in [1.82, 2.24) is 15.3 Å². The molecule has 0 unspecified atom stereocenters. The van der Waals surface area contributed by atoms with Gasteiger partial charge in [-0.15, -0.1) is 22.7 Å². The van der Waals surface area contributed by atoms with Crippen molar-refractivity contribution in [3.8, 4) is 10.6 Å². The van der Waals surface area contributed by atoms with Gasteiger partial charge in [-0.05, 0) is 0 Å². The van der Waals surface area contributed by atoms with Crippen LogP contribution in [0.5, 0.6) is 0 Å². The highest BCUT2D eigenvalue weighted by molar-refractivity contribution is 7.14. The number of hydrogen-bond donors (Lipinski definition) is 1. The topological polar surface area (TPSA) is 47.0 Å². The smallest absolute Gasteiger partial charge is 0.107 e. The first kappa shape index (κ1) is 11.7. The second-order valence-electron chi connectivity index (χ2n) is 3.16. The van der Waals surface area contributed by atoms with Gasteiger partial charge in [-0.2, -0.15) is 0 Å². The molecule has 2 rings (SSSR count). The van der Waals surface area contributed by atoms with E-state index in [9.17, 15) is 0 Å². The van der Waals surface area contributed by atoms with Gasteiger partial charge in [0.15, 0.2) is 0 Å². The van der Waals surface area contributed by atoms with E-state index in [2.05, 4.69) is 20.7 Å². The van der Waals surface area contributed by atoms with E-state index in [1.165, 1.54) is 0 Å². The van der Waals surface area contributed by atoms with Crippen LogP contribution in [-0.4, -0.2) is 30.2 Å². The number of hydrogen-bond acceptors (Lipinski definition) is 6. The third kappa shape index (κ3) is 3.08. The zero-order valence-electron chi connectivity index (χ0n) is 8.97. The summed E-state index contributed by atoms with van der Waals surface area (Å²) in [6.07, 6.45) is 1.85. The summed E-state index contributed by atoms with van der Waals surface area (Å²) in [5.74, 6) is 0. The second kappa shape index (κ2) is 6.05. The summed E-state index contributed by atoms with van der Waals surface area (Å²) in [7, 11) is 1.70. The number of nitrogens with one attached hydrogen (secondary N) is 1. The third-order valence-corrected chi connectivity index (χ3v) is 3.64. The Kier molecular flexibility index (Phi) is 4.41. The summed E-state index contributed by atoms with van der Waals surface area (Å²) in [4.78, 5) is 9.71. The van der Waals surface area contributed by atoms with E-state index in [4.69, 9.17) is 4.74 Å². The van der Waals surface area contributed by atoms with Crippen LogP contribution in [0, 0.1) is 0 Å². The highest BCUT2D eigenvalue weighted by atomic mass is 32.1. The zero-order valence-corrected chi connectivity index (χ0v) is 10.6. The number of aromatic nitrogens is 2. The van der Waals surface area contributed by atoms with E-state index < -0.39 is 0 Å². The highest BCUT2D eigenvalue weighted by Crippen LogP contribution is 2.24. The summed E-state index contributed by atoms with van der Waals surface area (Å²) >= 11 is 3.28. The standard InChI is InChI=1S/C10H13N3OS2/c1-14-3-2-11-5-10-13-8(6-15-10)9-4-12-7-16-9/h4,6-7,11H,2-3,5H2,1H3. The van der Waals surface area contributed by atoms with Crippen molar-refractivity contribution >= 4 is 22.7 Å². The maximum absolute atomic E-state index is 4.96. The minimum absolute atomic E-state index is 0.729. The van der Waals surface area contributed by atoms with Gasteiger partial charge in [-0.1, -0.05) is 0 Å². The molecule has 1 N–H and O–H groups in total. The van der Waals surface area contributed by atoms with Crippen LogP contribution in [0.1, 0.15) is 5.01 Å². The third-order valence-electron chi connectivity index (χ3n) is 2.00. The molecular formula is C10H13N3OS2. The molecule has 2 aromatic heterocycles. The molecule has 2 heterocycles. The lowest BCUT2D eigenvalue weighted by Gasteiger charge is -1.99. The number of methoxy groups -OCH3 is 1. The number of ether oxygens (including phenoxy) is 1. The van der Waals surface area contributed by atoms with Gasteiger partial charge in [0.2, 0.25) is 0 Å². The van der Waals surface area contributed by atoms with Crippen molar-refractivity contribution in [3.63, 3.8) is 0 Å². The van der Waals surface area contributed by atoms with Crippen LogP contribution in [-0.2, 0) is 11.3 Å². The van der Waals surface area contributed by atoms with Crippen molar-refractivity contribution in [2.75, 3.05) is 20.3 Å². The van der Waals surface area contributed by atoms with E-state index in [0.717, 1.165) is 35.3 Å². The molecule has 0 atom stereocenters. The fourth-order valence-corrected chi connectivity index (χ4v) is 2.64. The van der Waals surface area contributed by atoms with Gasteiger partial charge < -0.3 is 10.1 Å². The Bertz CT molecular complexity index is 413. The second-order valence-corrected chi connectivity index (χ2v) is 4.99. The molecule has 0 aliphatic heterocycles. The normalized spacial score (nSPS) is 10.8. The van der Waals surface area contributed by atoms with Gasteiger partial charge in [-0.3, -0.25) is 4.98 Å². The Labute approximate surface area is 102 Å². The Morgan fingerprint density at radius 1 is 1.44 bits per heavy atom. The lowest BCUT2D eigenvalue weighted by molar-refractivity contribution is 0.199. The molecule has 6 heteroatoms. The maximum atomic E-state index is 4.96. The average Bonchev–Trinajstić information content (AvgIpc) is 2.94. The Morgan fingerprint density at radius 2 is 2.38 bits per heavy atom. The summed E-state index contributed by atoms with van der Waals surface area (Å²) in [5, 5.41) is 6.44. The molecule has 0 aliphatic carbocycles.